The van der Waals surface area contributed by atoms with Crippen molar-refractivity contribution in [2.75, 3.05) is 12.3 Å². The first-order valence-corrected chi connectivity index (χ1v) is 7.59. The zero-order valence-electron chi connectivity index (χ0n) is 10.8. The average Bonchev–Trinajstić information content (AvgIpc) is 2.98. The third-order valence-corrected chi connectivity index (χ3v) is 4.85. The molecule has 19 heavy (non-hydrogen) atoms. The molecule has 4 nitrogen and oxygen atoms in total. The van der Waals surface area contributed by atoms with Crippen LogP contribution in [0.25, 0.3) is 0 Å². The molecule has 1 saturated heterocycles. The minimum absolute atomic E-state index is 0.0118. The Kier molecular flexibility index (Phi) is 3.22. The summed E-state index contributed by atoms with van der Waals surface area (Å²) < 4.78 is 0. The molecule has 0 aromatic heterocycles. The molecule has 100 valence electrons. The van der Waals surface area contributed by atoms with Gasteiger partial charge in [0, 0.05) is 17.9 Å². The quantitative estimate of drug-likeness (QED) is 0.915. The van der Waals surface area contributed by atoms with Crippen molar-refractivity contribution in [1.82, 2.24) is 10.2 Å². The third kappa shape index (κ3) is 1.92. The highest BCUT2D eigenvalue weighted by atomic mass is 32.2. The predicted molar refractivity (Wildman–Crippen MR) is 74.9 cm³/mol. The van der Waals surface area contributed by atoms with Gasteiger partial charge in [-0.2, -0.15) is 0 Å². The number of nitrogens with one attached hydrogen (secondary N) is 1. The van der Waals surface area contributed by atoms with Gasteiger partial charge in [-0.25, -0.2) is 0 Å². The SMILES string of the molecule is CCCNC(=O)[C@@H]1CS[C@@H]2c3ccccc3C(=O)N21. The molecule has 0 spiro atoms. The lowest BCUT2D eigenvalue weighted by Crippen LogP contribution is -2.46. The van der Waals surface area contributed by atoms with Crippen LogP contribution in [0.1, 0.15) is 34.6 Å². The fourth-order valence-electron chi connectivity index (χ4n) is 2.61. The lowest BCUT2D eigenvalue weighted by molar-refractivity contribution is -0.124. The maximum Gasteiger partial charge on any atom is 0.256 e. The summed E-state index contributed by atoms with van der Waals surface area (Å²) in [6.07, 6.45) is 0.906. The molecule has 1 aromatic rings. The normalized spacial score (nSPS) is 24.3. The number of amides is 2. The van der Waals surface area contributed by atoms with Crippen molar-refractivity contribution in [3.63, 3.8) is 0 Å². The van der Waals surface area contributed by atoms with Gasteiger partial charge in [-0.1, -0.05) is 25.1 Å². The summed E-state index contributed by atoms with van der Waals surface area (Å²) in [5, 5.41) is 2.90. The van der Waals surface area contributed by atoms with Crippen LogP contribution < -0.4 is 5.32 Å². The molecular formula is C14H16N2O2S. The molecule has 1 aromatic carbocycles. The van der Waals surface area contributed by atoms with Gasteiger partial charge in [0.15, 0.2) is 0 Å². The van der Waals surface area contributed by atoms with Gasteiger partial charge in [0.1, 0.15) is 11.4 Å². The van der Waals surface area contributed by atoms with E-state index in [2.05, 4.69) is 5.32 Å². The maximum atomic E-state index is 12.4. The molecule has 2 amide bonds. The first-order valence-electron chi connectivity index (χ1n) is 6.55. The Bertz CT molecular complexity index is 532. The van der Waals surface area contributed by atoms with E-state index < -0.39 is 0 Å². The van der Waals surface area contributed by atoms with Crippen LogP contribution in [-0.2, 0) is 4.79 Å². The third-order valence-electron chi connectivity index (χ3n) is 3.54. The first kappa shape index (κ1) is 12.5. The minimum Gasteiger partial charge on any atom is -0.354 e. The van der Waals surface area contributed by atoms with Crippen LogP contribution in [0.5, 0.6) is 0 Å². The molecule has 1 N–H and O–H groups in total. The summed E-state index contributed by atoms with van der Waals surface area (Å²) in [7, 11) is 0. The minimum atomic E-state index is -0.332. The van der Waals surface area contributed by atoms with Crippen LogP contribution in [-0.4, -0.2) is 35.1 Å². The van der Waals surface area contributed by atoms with Crippen LogP contribution in [0.15, 0.2) is 24.3 Å². The standard InChI is InChI=1S/C14H16N2O2S/c1-2-7-15-12(17)11-8-19-14-10-6-4-3-5-9(10)13(18)16(11)14/h3-6,11,14H,2,7-8H2,1H3,(H,15,17)/t11-,14+/m0/s1. The topological polar surface area (TPSA) is 49.4 Å². The van der Waals surface area contributed by atoms with Crippen LogP contribution in [0.3, 0.4) is 0 Å². The number of carbonyl (C=O) groups is 2. The van der Waals surface area contributed by atoms with Gasteiger partial charge in [-0.05, 0) is 18.1 Å². The number of rotatable bonds is 3. The molecule has 2 atom stereocenters. The Labute approximate surface area is 116 Å². The van der Waals surface area contributed by atoms with Gasteiger partial charge in [-0.3, -0.25) is 9.59 Å². The maximum absolute atomic E-state index is 12.4. The first-order chi connectivity index (χ1) is 9.24. The van der Waals surface area contributed by atoms with E-state index in [0.717, 1.165) is 17.5 Å². The number of benzene rings is 1. The van der Waals surface area contributed by atoms with Gasteiger partial charge in [0.2, 0.25) is 5.91 Å². The Hall–Kier alpha value is -1.49. The fraction of sp³-hybridized carbons (Fsp3) is 0.429. The number of hydrogen-bond acceptors (Lipinski definition) is 3. The van der Waals surface area contributed by atoms with E-state index in [1.165, 1.54) is 0 Å². The van der Waals surface area contributed by atoms with Gasteiger partial charge >= 0.3 is 0 Å². The van der Waals surface area contributed by atoms with Gasteiger partial charge in [-0.15, -0.1) is 11.8 Å². The van der Waals surface area contributed by atoms with Crippen LogP contribution in [0, 0.1) is 0 Å². The van der Waals surface area contributed by atoms with Crippen LogP contribution >= 0.6 is 11.8 Å². The molecule has 0 bridgehead atoms. The van der Waals surface area contributed by atoms with Crippen LogP contribution in [0.2, 0.25) is 0 Å². The summed E-state index contributed by atoms with van der Waals surface area (Å²) >= 11 is 1.67. The lowest BCUT2D eigenvalue weighted by Gasteiger charge is -2.22. The number of nitrogens with zero attached hydrogens (tertiary/aromatic N) is 1. The van der Waals surface area contributed by atoms with E-state index in [4.69, 9.17) is 0 Å². The van der Waals surface area contributed by atoms with E-state index >= 15 is 0 Å². The van der Waals surface area contributed by atoms with Gasteiger partial charge in [0.25, 0.3) is 5.91 Å². The highest BCUT2D eigenvalue weighted by molar-refractivity contribution is 7.99. The zero-order chi connectivity index (χ0) is 13.4. The highest BCUT2D eigenvalue weighted by Gasteiger charge is 2.48. The zero-order valence-corrected chi connectivity index (χ0v) is 11.6. The van der Waals surface area contributed by atoms with E-state index in [1.807, 2.05) is 31.2 Å². The Balaban J connectivity index is 1.85. The Morgan fingerprint density at radius 1 is 1.47 bits per heavy atom. The van der Waals surface area contributed by atoms with E-state index in [0.29, 0.717) is 12.3 Å². The molecule has 0 unspecified atom stereocenters. The van der Waals surface area contributed by atoms with Gasteiger partial charge < -0.3 is 10.2 Å². The number of fused-ring (bicyclic) bond motifs is 3. The van der Waals surface area contributed by atoms with Crippen molar-refractivity contribution < 1.29 is 9.59 Å². The van der Waals surface area contributed by atoms with Crippen LogP contribution in [0.4, 0.5) is 0 Å². The van der Waals surface area contributed by atoms with Crippen molar-refractivity contribution in [1.29, 1.82) is 0 Å². The number of thioether (sulfide) groups is 1. The molecule has 1 fully saturated rings. The summed E-state index contributed by atoms with van der Waals surface area (Å²) in [6, 6.07) is 7.31. The Morgan fingerprint density at radius 3 is 3.05 bits per heavy atom. The predicted octanol–water partition coefficient (Wildman–Crippen LogP) is 1.78. The number of hydrogen-bond donors (Lipinski definition) is 1. The second-order valence-electron chi connectivity index (χ2n) is 4.79. The molecule has 0 saturated carbocycles. The van der Waals surface area contributed by atoms with E-state index in [1.54, 1.807) is 16.7 Å². The van der Waals surface area contributed by atoms with Crippen molar-refractivity contribution in [3.8, 4) is 0 Å². The molecule has 2 aliphatic rings. The van der Waals surface area contributed by atoms with Crippen molar-refractivity contribution >= 4 is 23.6 Å². The highest BCUT2D eigenvalue weighted by Crippen LogP contribution is 2.47. The monoisotopic (exact) mass is 276 g/mol. The molecule has 2 aliphatic heterocycles. The Morgan fingerprint density at radius 2 is 2.26 bits per heavy atom. The van der Waals surface area contributed by atoms with Gasteiger partial charge in [0.05, 0.1) is 0 Å². The van der Waals surface area contributed by atoms with Crippen molar-refractivity contribution in [2.24, 2.45) is 0 Å². The number of carbonyl (C=O) groups excluding carboxylic acids is 2. The molecule has 3 rings (SSSR count). The summed E-state index contributed by atoms with van der Waals surface area (Å²) in [4.78, 5) is 26.3. The van der Waals surface area contributed by atoms with E-state index in [-0.39, 0.29) is 23.2 Å². The summed E-state index contributed by atoms with van der Waals surface area (Å²) in [5.41, 5.74) is 1.79. The summed E-state index contributed by atoms with van der Waals surface area (Å²) in [6.45, 7) is 2.68. The molecule has 5 heteroatoms. The molecule has 0 aliphatic carbocycles. The average molecular weight is 276 g/mol. The van der Waals surface area contributed by atoms with Crippen molar-refractivity contribution in [2.45, 2.75) is 24.8 Å². The molecular weight excluding hydrogens is 260 g/mol. The largest absolute Gasteiger partial charge is 0.354 e. The smallest absolute Gasteiger partial charge is 0.256 e. The van der Waals surface area contributed by atoms with E-state index in [9.17, 15) is 9.59 Å². The molecule has 2 heterocycles. The lowest BCUT2D eigenvalue weighted by atomic mass is 10.1. The fourth-order valence-corrected chi connectivity index (χ4v) is 4.07. The summed E-state index contributed by atoms with van der Waals surface area (Å²) in [5.74, 6) is 0.639. The second-order valence-corrected chi connectivity index (χ2v) is 5.91. The second kappa shape index (κ2) is 4.89. The van der Waals surface area contributed by atoms with Crippen molar-refractivity contribution in [3.05, 3.63) is 35.4 Å². The molecule has 0 radical (unpaired) electrons.